The molecule has 1 saturated heterocycles. The van der Waals surface area contributed by atoms with E-state index in [1.165, 1.54) is 18.2 Å². The fourth-order valence-electron chi connectivity index (χ4n) is 7.87. The third-order valence-corrected chi connectivity index (χ3v) is 11.2. The number of nitrogens with two attached hydrogens (primary N) is 1. The Balaban J connectivity index is 1.24. The van der Waals surface area contributed by atoms with E-state index in [2.05, 4.69) is 17.0 Å². The Morgan fingerprint density at radius 2 is 2.05 bits per heavy atom. The second-order valence-corrected chi connectivity index (χ2v) is 15.2. The summed E-state index contributed by atoms with van der Waals surface area (Å²) < 4.78 is 47.1. The summed E-state index contributed by atoms with van der Waals surface area (Å²) in [6.45, 7) is 4.48. The molecule has 11 heteroatoms. The summed E-state index contributed by atoms with van der Waals surface area (Å²) in [6, 6.07) is 11.8. The summed E-state index contributed by atoms with van der Waals surface area (Å²) in [5.41, 5.74) is 3.80. The Labute approximate surface area is 265 Å². The van der Waals surface area contributed by atoms with Crippen LogP contribution in [0.15, 0.2) is 36.4 Å². The van der Waals surface area contributed by atoms with Gasteiger partial charge in [0.15, 0.2) is 0 Å². The maximum absolute atomic E-state index is 12.6. The topological polar surface area (TPSA) is 117 Å². The van der Waals surface area contributed by atoms with E-state index < -0.39 is 16.1 Å². The molecule has 0 radical (unpaired) electrons. The molecule has 2 heterocycles. The fourth-order valence-corrected chi connectivity index (χ4v) is 8.79. The summed E-state index contributed by atoms with van der Waals surface area (Å²) in [4.78, 5) is 15.0. The standard InChI is InChI=1S/C33H43ClN2O7S/c1-21(18-44(35,38)39)43-26-11-13-41-31(16-26)27-8-5-24(27)17-36-19-33(12-3-4-22-14-25(34)7-9-28(22)33)20-42-30-10-6-23(15-29(30)36)32(37)40-2/h6-7,9-10,14-15,21,24,26-27,31H,3-5,8,11-13,16-20H2,1-2H3,(H2,35,38,39)/t21-,24-,26-,27+,31-,33-/m0/s1. The van der Waals surface area contributed by atoms with E-state index in [0.717, 1.165) is 74.5 Å². The second kappa shape index (κ2) is 12.8. The van der Waals surface area contributed by atoms with Crippen LogP contribution in [0.4, 0.5) is 5.69 Å². The zero-order chi connectivity index (χ0) is 31.1. The van der Waals surface area contributed by atoms with Crippen LogP contribution in [0.3, 0.4) is 0 Å². The van der Waals surface area contributed by atoms with Gasteiger partial charge < -0.3 is 23.8 Å². The first kappa shape index (κ1) is 31.6. The number of hydrogen-bond acceptors (Lipinski definition) is 8. The number of carbonyl (C=O) groups is 1. The van der Waals surface area contributed by atoms with Crippen molar-refractivity contribution in [3.8, 4) is 5.75 Å². The number of hydrogen-bond donors (Lipinski definition) is 1. The normalized spacial score (nSPS) is 29.0. The molecule has 240 valence electrons. The van der Waals surface area contributed by atoms with Crippen LogP contribution in [-0.2, 0) is 36.1 Å². The van der Waals surface area contributed by atoms with Crippen molar-refractivity contribution >= 4 is 33.3 Å². The number of rotatable bonds is 8. The first-order valence-electron chi connectivity index (χ1n) is 15.7. The van der Waals surface area contributed by atoms with E-state index in [-0.39, 0.29) is 29.3 Å². The van der Waals surface area contributed by atoms with Crippen molar-refractivity contribution in [3.05, 3.63) is 58.1 Å². The highest BCUT2D eigenvalue weighted by molar-refractivity contribution is 7.89. The van der Waals surface area contributed by atoms with Crippen molar-refractivity contribution < 1.29 is 32.2 Å². The first-order chi connectivity index (χ1) is 21.0. The summed E-state index contributed by atoms with van der Waals surface area (Å²) in [7, 11) is -2.20. The molecule has 44 heavy (non-hydrogen) atoms. The van der Waals surface area contributed by atoms with E-state index in [9.17, 15) is 13.2 Å². The molecule has 2 aliphatic carbocycles. The lowest BCUT2D eigenvalue weighted by Crippen LogP contribution is -2.51. The van der Waals surface area contributed by atoms with Crippen molar-refractivity contribution in [2.45, 2.75) is 75.6 Å². The molecule has 2 aliphatic heterocycles. The summed E-state index contributed by atoms with van der Waals surface area (Å²) in [5, 5.41) is 5.99. The molecule has 2 aromatic rings. The largest absolute Gasteiger partial charge is 0.490 e. The van der Waals surface area contributed by atoms with E-state index in [1.54, 1.807) is 13.0 Å². The quantitative estimate of drug-likeness (QED) is 0.404. The van der Waals surface area contributed by atoms with Crippen LogP contribution in [0, 0.1) is 11.8 Å². The van der Waals surface area contributed by atoms with Gasteiger partial charge in [-0.1, -0.05) is 17.7 Å². The maximum atomic E-state index is 12.6. The Morgan fingerprint density at radius 3 is 2.80 bits per heavy atom. The van der Waals surface area contributed by atoms with Crippen molar-refractivity contribution in [2.24, 2.45) is 17.0 Å². The van der Waals surface area contributed by atoms with Gasteiger partial charge in [0.1, 0.15) is 5.75 Å². The van der Waals surface area contributed by atoms with Crippen molar-refractivity contribution in [1.82, 2.24) is 0 Å². The minimum Gasteiger partial charge on any atom is -0.490 e. The van der Waals surface area contributed by atoms with Crippen molar-refractivity contribution in [1.29, 1.82) is 0 Å². The lowest BCUT2D eigenvalue weighted by Gasteiger charge is -2.48. The third kappa shape index (κ3) is 6.75. The average molecular weight is 647 g/mol. The number of halogens is 1. The summed E-state index contributed by atoms with van der Waals surface area (Å²) >= 11 is 6.41. The molecule has 2 aromatic carbocycles. The Hall–Kier alpha value is -2.37. The molecular weight excluding hydrogens is 604 g/mol. The Kier molecular flexibility index (Phi) is 9.19. The number of primary sulfonamides is 1. The van der Waals surface area contributed by atoms with Gasteiger partial charge in [-0.05, 0) is 98.7 Å². The van der Waals surface area contributed by atoms with Crippen LogP contribution >= 0.6 is 11.6 Å². The highest BCUT2D eigenvalue weighted by Crippen LogP contribution is 2.47. The lowest BCUT2D eigenvalue weighted by atomic mass is 9.67. The zero-order valence-electron chi connectivity index (χ0n) is 25.5. The molecule has 4 aliphatic rings. The molecule has 0 bridgehead atoms. The van der Waals surface area contributed by atoms with Crippen LogP contribution in [0.25, 0.3) is 0 Å². The number of ether oxygens (including phenoxy) is 4. The van der Waals surface area contributed by atoms with Crippen LogP contribution in [0.5, 0.6) is 5.75 Å². The smallest absolute Gasteiger partial charge is 0.337 e. The first-order valence-corrected chi connectivity index (χ1v) is 17.8. The van der Waals surface area contributed by atoms with Gasteiger partial charge in [-0.15, -0.1) is 0 Å². The summed E-state index contributed by atoms with van der Waals surface area (Å²) in [5.74, 6) is 0.961. The summed E-state index contributed by atoms with van der Waals surface area (Å²) in [6.07, 6.45) is 6.21. The van der Waals surface area contributed by atoms with Gasteiger partial charge in [0.2, 0.25) is 10.0 Å². The average Bonchev–Trinajstić information content (AvgIpc) is 3.11. The predicted octanol–water partition coefficient (Wildman–Crippen LogP) is 4.87. The Bertz CT molecular complexity index is 1490. The molecular formula is C33H43ClN2O7S. The lowest BCUT2D eigenvalue weighted by molar-refractivity contribution is -0.126. The van der Waals surface area contributed by atoms with Crippen molar-refractivity contribution in [2.75, 3.05) is 44.1 Å². The number of sulfonamides is 1. The third-order valence-electron chi connectivity index (χ3n) is 10.0. The molecule has 6 atom stereocenters. The number of esters is 1. The highest BCUT2D eigenvalue weighted by atomic mass is 35.5. The van der Waals surface area contributed by atoms with Gasteiger partial charge >= 0.3 is 5.97 Å². The number of fused-ring (bicyclic) bond motifs is 3. The van der Waals surface area contributed by atoms with Crippen LogP contribution in [0.1, 0.15) is 66.9 Å². The number of anilines is 1. The second-order valence-electron chi connectivity index (χ2n) is 13.1. The number of methoxy groups -OCH3 is 1. The van der Waals surface area contributed by atoms with Crippen molar-refractivity contribution in [3.63, 3.8) is 0 Å². The highest BCUT2D eigenvalue weighted by Gasteiger charge is 2.45. The van der Waals surface area contributed by atoms with Gasteiger partial charge in [0.05, 0.1) is 49.0 Å². The predicted molar refractivity (Wildman–Crippen MR) is 169 cm³/mol. The number of aryl methyl sites for hydroxylation is 1. The molecule has 0 unspecified atom stereocenters. The molecule has 0 amide bonds. The van der Waals surface area contributed by atoms with E-state index in [1.807, 2.05) is 18.2 Å². The van der Waals surface area contributed by atoms with E-state index in [0.29, 0.717) is 30.6 Å². The van der Waals surface area contributed by atoms with Gasteiger partial charge in [-0.2, -0.15) is 0 Å². The molecule has 0 aromatic heterocycles. The SMILES string of the molecule is COC(=O)c1ccc2c(c1)N(C[C@@H]1CC[C@H]1[C@@H]1C[C@@H](O[C@@H](C)CS(N)(=O)=O)CCO1)C[C@@]1(CCCc3cc(Cl)ccc31)CO2. The van der Waals surface area contributed by atoms with Gasteiger partial charge in [-0.3, -0.25) is 0 Å². The fraction of sp³-hybridized carbons (Fsp3) is 0.606. The minimum absolute atomic E-state index is 0.0461. The molecule has 2 fully saturated rings. The number of nitrogens with zero attached hydrogens (tertiary/aromatic N) is 1. The Morgan fingerprint density at radius 1 is 1.20 bits per heavy atom. The molecule has 9 nitrogen and oxygen atoms in total. The molecule has 6 rings (SSSR count). The minimum atomic E-state index is -3.60. The molecule has 1 spiro atoms. The molecule has 1 saturated carbocycles. The molecule has 2 N–H and O–H groups in total. The van der Waals surface area contributed by atoms with Crippen LogP contribution in [0.2, 0.25) is 5.02 Å². The maximum Gasteiger partial charge on any atom is 0.337 e. The number of carbonyl (C=O) groups excluding carboxylic acids is 1. The van der Waals surface area contributed by atoms with Crippen LogP contribution in [-0.4, -0.2) is 71.9 Å². The van der Waals surface area contributed by atoms with Crippen LogP contribution < -0.4 is 14.8 Å². The van der Waals surface area contributed by atoms with Gasteiger partial charge in [-0.25, -0.2) is 18.4 Å². The monoisotopic (exact) mass is 646 g/mol. The van der Waals surface area contributed by atoms with E-state index >= 15 is 0 Å². The van der Waals surface area contributed by atoms with E-state index in [4.69, 9.17) is 35.7 Å². The van der Waals surface area contributed by atoms with Gasteiger partial charge in [0.25, 0.3) is 0 Å². The van der Waals surface area contributed by atoms with Gasteiger partial charge in [0, 0.05) is 36.6 Å². The zero-order valence-corrected chi connectivity index (χ0v) is 27.1. The number of benzene rings is 2.